The zero-order chi connectivity index (χ0) is 12.3. The van der Waals surface area contributed by atoms with Crippen molar-refractivity contribution in [2.45, 2.75) is 31.9 Å². The van der Waals surface area contributed by atoms with E-state index in [1.54, 1.807) is 18.2 Å². The number of esters is 1. The summed E-state index contributed by atoms with van der Waals surface area (Å²) in [6.07, 6.45) is 2.31. The highest BCUT2D eigenvalue weighted by Gasteiger charge is 2.28. The van der Waals surface area contributed by atoms with Crippen LogP contribution >= 0.6 is 0 Å². The Labute approximate surface area is 99.8 Å². The molecule has 1 saturated carbocycles. The first-order valence-electron chi connectivity index (χ1n) is 5.82. The first-order chi connectivity index (χ1) is 8.16. The van der Waals surface area contributed by atoms with Crippen molar-refractivity contribution in [1.82, 2.24) is 0 Å². The molecule has 0 unspecified atom stereocenters. The number of halogens is 1. The lowest BCUT2D eigenvalue weighted by Gasteiger charge is -2.10. The molecule has 2 atom stereocenters. The van der Waals surface area contributed by atoms with Crippen molar-refractivity contribution in [2.24, 2.45) is 11.7 Å². The highest BCUT2D eigenvalue weighted by atomic mass is 19.1. The third kappa shape index (κ3) is 3.03. The molecule has 1 aliphatic rings. The maximum Gasteiger partial charge on any atom is 0.309 e. The van der Waals surface area contributed by atoms with Crippen LogP contribution in [0.4, 0.5) is 4.39 Å². The third-order valence-electron chi connectivity index (χ3n) is 3.13. The van der Waals surface area contributed by atoms with E-state index in [2.05, 4.69) is 0 Å². The standard InChI is InChI=1S/C13H16FNO2/c14-12-4-2-1-3-10(12)8-17-13(16)9-5-6-11(15)7-9/h1-4,9,11H,5-8,15H2/t9-,11+/m1/s1. The molecule has 1 aromatic rings. The third-order valence-corrected chi connectivity index (χ3v) is 3.13. The average Bonchev–Trinajstić information content (AvgIpc) is 2.74. The van der Waals surface area contributed by atoms with E-state index >= 15 is 0 Å². The molecule has 2 N–H and O–H groups in total. The number of carbonyl (C=O) groups excluding carboxylic acids is 1. The molecular weight excluding hydrogens is 221 g/mol. The summed E-state index contributed by atoms with van der Waals surface area (Å²) in [6, 6.07) is 6.40. The monoisotopic (exact) mass is 237 g/mol. The number of carbonyl (C=O) groups is 1. The zero-order valence-corrected chi connectivity index (χ0v) is 9.56. The SMILES string of the molecule is N[C@H]1CC[C@@H](C(=O)OCc2ccccc2F)C1. The number of rotatable bonds is 3. The molecule has 1 aromatic carbocycles. The molecule has 0 radical (unpaired) electrons. The molecule has 92 valence electrons. The van der Waals surface area contributed by atoms with Crippen LogP contribution in [0, 0.1) is 11.7 Å². The minimum atomic E-state index is -0.344. The zero-order valence-electron chi connectivity index (χ0n) is 9.56. The summed E-state index contributed by atoms with van der Waals surface area (Å²) in [4.78, 5) is 11.7. The van der Waals surface area contributed by atoms with E-state index in [1.165, 1.54) is 6.07 Å². The van der Waals surface area contributed by atoms with Gasteiger partial charge in [-0.3, -0.25) is 4.79 Å². The van der Waals surface area contributed by atoms with Gasteiger partial charge in [-0.1, -0.05) is 18.2 Å². The Morgan fingerprint density at radius 2 is 2.18 bits per heavy atom. The lowest BCUT2D eigenvalue weighted by Crippen LogP contribution is -2.19. The molecular formula is C13H16FNO2. The molecule has 0 heterocycles. The summed E-state index contributed by atoms with van der Waals surface area (Å²) in [5.41, 5.74) is 6.13. The van der Waals surface area contributed by atoms with Gasteiger partial charge in [0.05, 0.1) is 5.92 Å². The molecule has 1 aliphatic carbocycles. The largest absolute Gasteiger partial charge is 0.460 e. The molecule has 0 aliphatic heterocycles. The average molecular weight is 237 g/mol. The minimum Gasteiger partial charge on any atom is -0.460 e. The Hall–Kier alpha value is -1.42. The second-order valence-corrected chi connectivity index (χ2v) is 4.47. The van der Waals surface area contributed by atoms with Crippen LogP contribution in [0.5, 0.6) is 0 Å². The van der Waals surface area contributed by atoms with Gasteiger partial charge in [0.1, 0.15) is 12.4 Å². The highest BCUT2D eigenvalue weighted by molar-refractivity contribution is 5.72. The maximum atomic E-state index is 13.3. The number of nitrogens with two attached hydrogens (primary N) is 1. The Balaban J connectivity index is 1.86. The van der Waals surface area contributed by atoms with Crippen LogP contribution < -0.4 is 5.73 Å². The van der Waals surface area contributed by atoms with Crippen LogP contribution in [0.1, 0.15) is 24.8 Å². The molecule has 0 amide bonds. The molecule has 0 bridgehead atoms. The fourth-order valence-electron chi connectivity index (χ4n) is 2.11. The van der Waals surface area contributed by atoms with Crippen molar-refractivity contribution < 1.29 is 13.9 Å². The number of hydrogen-bond acceptors (Lipinski definition) is 3. The normalized spacial score (nSPS) is 23.6. The van der Waals surface area contributed by atoms with Gasteiger partial charge >= 0.3 is 5.97 Å². The number of benzene rings is 1. The van der Waals surface area contributed by atoms with E-state index in [1.807, 2.05) is 0 Å². The van der Waals surface area contributed by atoms with Gasteiger partial charge in [-0.2, -0.15) is 0 Å². The molecule has 2 rings (SSSR count). The van der Waals surface area contributed by atoms with Crippen molar-refractivity contribution in [3.63, 3.8) is 0 Å². The number of ether oxygens (including phenoxy) is 1. The second-order valence-electron chi connectivity index (χ2n) is 4.47. The van der Waals surface area contributed by atoms with Gasteiger partial charge in [-0.15, -0.1) is 0 Å². The van der Waals surface area contributed by atoms with Gasteiger partial charge in [0.2, 0.25) is 0 Å². The predicted molar refractivity (Wildman–Crippen MR) is 61.5 cm³/mol. The van der Waals surface area contributed by atoms with Gasteiger partial charge in [0, 0.05) is 11.6 Å². The van der Waals surface area contributed by atoms with Crippen molar-refractivity contribution in [2.75, 3.05) is 0 Å². The van der Waals surface area contributed by atoms with E-state index in [0.717, 1.165) is 12.8 Å². The molecule has 17 heavy (non-hydrogen) atoms. The van der Waals surface area contributed by atoms with Gasteiger partial charge in [-0.25, -0.2) is 4.39 Å². The Morgan fingerprint density at radius 3 is 2.82 bits per heavy atom. The second kappa shape index (κ2) is 5.27. The summed E-state index contributed by atoms with van der Waals surface area (Å²) in [6.45, 7) is -0.00273. The molecule has 1 fully saturated rings. The van der Waals surface area contributed by atoms with Gasteiger partial charge in [0.25, 0.3) is 0 Å². The van der Waals surface area contributed by atoms with Crippen LogP contribution in [0.25, 0.3) is 0 Å². The van der Waals surface area contributed by atoms with Crippen molar-refractivity contribution in [3.05, 3.63) is 35.6 Å². The van der Waals surface area contributed by atoms with E-state index in [9.17, 15) is 9.18 Å². The van der Waals surface area contributed by atoms with E-state index in [0.29, 0.717) is 12.0 Å². The van der Waals surface area contributed by atoms with E-state index in [4.69, 9.17) is 10.5 Å². The van der Waals surface area contributed by atoms with Crippen LogP contribution in [-0.4, -0.2) is 12.0 Å². The summed E-state index contributed by atoms with van der Waals surface area (Å²) in [7, 11) is 0. The number of hydrogen-bond donors (Lipinski definition) is 1. The van der Waals surface area contributed by atoms with Crippen LogP contribution in [0.3, 0.4) is 0 Å². The van der Waals surface area contributed by atoms with Crippen molar-refractivity contribution in [3.8, 4) is 0 Å². The Kier molecular flexibility index (Phi) is 3.74. The van der Waals surface area contributed by atoms with Gasteiger partial charge < -0.3 is 10.5 Å². The van der Waals surface area contributed by atoms with Crippen LogP contribution in [0.2, 0.25) is 0 Å². The summed E-state index contributed by atoms with van der Waals surface area (Å²) in [5.74, 6) is -0.721. The Morgan fingerprint density at radius 1 is 1.41 bits per heavy atom. The lowest BCUT2D eigenvalue weighted by atomic mass is 10.1. The van der Waals surface area contributed by atoms with Crippen molar-refractivity contribution >= 4 is 5.97 Å². The molecule has 3 nitrogen and oxygen atoms in total. The first kappa shape index (κ1) is 12.0. The van der Waals surface area contributed by atoms with Gasteiger partial charge in [0.15, 0.2) is 0 Å². The highest BCUT2D eigenvalue weighted by Crippen LogP contribution is 2.25. The predicted octanol–water partition coefficient (Wildman–Crippen LogP) is 2.00. The Bertz CT molecular complexity index is 408. The van der Waals surface area contributed by atoms with Crippen LogP contribution in [-0.2, 0) is 16.1 Å². The fraction of sp³-hybridized carbons (Fsp3) is 0.462. The summed E-state index contributed by atoms with van der Waals surface area (Å²) in [5, 5.41) is 0. The van der Waals surface area contributed by atoms with Crippen molar-refractivity contribution in [1.29, 1.82) is 0 Å². The first-order valence-corrected chi connectivity index (χ1v) is 5.82. The molecule has 0 aromatic heterocycles. The molecule has 0 spiro atoms. The molecule has 4 heteroatoms. The van der Waals surface area contributed by atoms with E-state index < -0.39 is 0 Å². The minimum absolute atomic E-state index is 0.00273. The fourth-order valence-corrected chi connectivity index (χ4v) is 2.11. The smallest absolute Gasteiger partial charge is 0.309 e. The summed E-state index contributed by atoms with van der Waals surface area (Å²) < 4.78 is 18.4. The quantitative estimate of drug-likeness (QED) is 0.818. The maximum absolute atomic E-state index is 13.3. The topological polar surface area (TPSA) is 52.3 Å². The van der Waals surface area contributed by atoms with Crippen LogP contribution in [0.15, 0.2) is 24.3 Å². The molecule has 0 saturated heterocycles. The van der Waals surface area contributed by atoms with Gasteiger partial charge in [-0.05, 0) is 25.3 Å². The van der Waals surface area contributed by atoms with E-state index in [-0.39, 0.29) is 30.4 Å². The summed E-state index contributed by atoms with van der Waals surface area (Å²) >= 11 is 0. The lowest BCUT2D eigenvalue weighted by molar-refractivity contribution is -0.149.